The third-order valence-electron chi connectivity index (χ3n) is 5.53. The molecule has 0 unspecified atom stereocenters. The number of benzene rings is 1. The molecule has 8 bridgehead atoms. The van der Waals surface area contributed by atoms with Crippen LogP contribution in [0.2, 0.25) is 0 Å². The van der Waals surface area contributed by atoms with E-state index in [-0.39, 0.29) is 0 Å². The first kappa shape index (κ1) is 18.2. The van der Waals surface area contributed by atoms with Gasteiger partial charge in [0.25, 0.3) is 0 Å². The zero-order valence-corrected chi connectivity index (χ0v) is 17.1. The maximum Gasteiger partial charge on any atom is 0.0736 e. The van der Waals surface area contributed by atoms with Crippen LogP contribution < -0.4 is 0 Å². The molecule has 1 aromatic carbocycles. The van der Waals surface area contributed by atoms with Crippen LogP contribution in [0.3, 0.4) is 0 Å². The molecule has 150 valence electrons. The van der Waals surface area contributed by atoms with Crippen LogP contribution in [0.15, 0.2) is 72.8 Å². The molecule has 0 radical (unpaired) electrons. The second-order valence-electron chi connectivity index (χ2n) is 7.81. The van der Waals surface area contributed by atoms with Gasteiger partial charge < -0.3 is 9.97 Å². The van der Waals surface area contributed by atoms with Crippen molar-refractivity contribution in [2.24, 2.45) is 0 Å². The van der Waals surface area contributed by atoms with Gasteiger partial charge in [-0.1, -0.05) is 18.1 Å². The lowest BCUT2D eigenvalue weighted by Crippen LogP contribution is -1.86. The Labute approximate surface area is 185 Å². The number of hydrogen-bond acceptors (Lipinski definition) is 2. The fraction of sp³-hybridized carbons (Fsp3) is 0. The molecule has 3 aromatic heterocycles. The number of rotatable bonds is 1. The van der Waals surface area contributed by atoms with E-state index in [0.717, 1.165) is 61.5 Å². The first-order valence-electron chi connectivity index (χ1n) is 10.4. The summed E-state index contributed by atoms with van der Waals surface area (Å²) < 4.78 is 0. The molecule has 4 aromatic rings. The van der Waals surface area contributed by atoms with Crippen LogP contribution in [0.25, 0.3) is 45.9 Å². The van der Waals surface area contributed by atoms with Crippen molar-refractivity contribution in [2.45, 2.75) is 0 Å². The van der Waals surface area contributed by atoms with Crippen molar-refractivity contribution in [3.05, 3.63) is 107 Å². The highest BCUT2D eigenvalue weighted by Gasteiger charge is 2.13. The molecule has 32 heavy (non-hydrogen) atoms. The van der Waals surface area contributed by atoms with Gasteiger partial charge in [0.05, 0.1) is 22.8 Å². The third kappa shape index (κ3) is 3.42. The Hall–Kier alpha value is -4.62. The van der Waals surface area contributed by atoms with E-state index in [2.05, 4.69) is 57.3 Å². The first-order valence-corrected chi connectivity index (χ1v) is 10.4. The van der Waals surface area contributed by atoms with Gasteiger partial charge in [0.15, 0.2) is 0 Å². The Morgan fingerprint density at radius 3 is 1.78 bits per heavy atom. The summed E-state index contributed by atoms with van der Waals surface area (Å²) in [6.45, 7) is 0. The Balaban J connectivity index is 1.61. The topological polar surface area (TPSA) is 57.4 Å². The number of terminal acetylenes is 1. The van der Waals surface area contributed by atoms with E-state index in [0.29, 0.717) is 0 Å². The van der Waals surface area contributed by atoms with Crippen molar-refractivity contribution in [3.63, 3.8) is 0 Å². The van der Waals surface area contributed by atoms with E-state index in [1.807, 2.05) is 54.6 Å². The van der Waals surface area contributed by atoms with E-state index in [4.69, 9.17) is 11.4 Å². The smallest absolute Gasteiger partial charge is 0.0736 e. The molecule has 0 aliphatic carbocycles. The molecule has 0 fully saturated rings. The Bertz CT molecular complexity index is 1620. The number of nitrogens with one attached hydrogen (secondary N) is 2. The Morgan fingerprint density at radius 1 is 0.625 bits per heavy atom. The molecule has 5 heterocycles. The molecule has 0 saturated carbocycles. The number of nitrogens with zero attached hydrogens (tertiary/aromatic N) is 2. The molecule has 2 N–H and O–H groups in total. The van der Waals surface area contributed by atoms with Crippen LogP contribution in [0.4, 0.5) is 0 Å². The van der Waals surface area contributed by atoms with Crippen LogP contribution >= 0.6 is 0 Å². The standard InChI is InChI=1S/C28H18N4/c1-2-18-3-5-19(6-4-18)27-16-26-15-24-10-9-22(30-24)13-20-7-8-21(29-20)14-23-11-12-25(31-23)17-28(27)32-26/h1,3-17,30-31H. The van der Waals surface area contributed by atoms with Crippen LogP contribution in [0.5, 0.6) is 0 Å². The highest BCUT2D eigenvalue weighted by molar-refractivity contribution is 5.93. The van der Waals surface area contributed by atoms with Gasteiger partial charge in [0.2, 0.25) is 0 Å². The maximum absolute atomic E-state index is 5.53. The van der Waals surface area contributed by atoms with Crippen molar-refractivity contribution in [1.82, 2.24) is 19.9 Å². The predicted octanol–water partition coefficient (Wildman–Crippen LogP) is 6.06. The summed E-state index contributed by atoms with van der Waals surface area (Å²) >= 11 is 0. The largest absolute Gasteiger partial charge is 0.355 e. The van der Waals surface area contributed by atoms with Gasteiger partial charge in [0.1, 0.15) is 0 Å². The van der Waals surface area contributed by atoms with Crippen LogP contribution in [0.1, 0.15) is 33.9 Å². The highest BCUT2D eigenvalue weighted by atomic mass is 14.8. The van der Waals surface area contributed by atoms with Gasteiger partial charge in [-0.25, -0.2) is 9.97 Å². The summed E-state index contributed by atoms with van der Waals surface area (Å²) in [6.07, 6.45) is 11.7. The number of aromatic amines is 2. The molecule has 2 aliphatic heterocycles. The van der Waals surface area contributed by atoms with Crippen LogP contribution in [-0.4, -0.2) is 19.9 Å². The van der Waals surface area contributed by atoms with Gasteiger partial charge in [-0.15, -0.1) is 6.42 Å². The van der Waals surface area contributed by atoms with E-state index in [9.17, 15) is 0 Å². The monoisotopic (exact) mass is 410 g/mol. The molecule has 0 spiro atoms. The lowest BCUT2D eigenvalue weighted by Gasteiger charge is -2.02. The number of hydrogen-bond donors (Lipinski definition) is 2. The van der Waals surface area contributed by atoms with Crippen molar-refractivity contribution in [3.8, 4) is 12.3 Å². The van der Waals surface area contributed by atoms with Gasteiger partial charge in [-0.2, -0.15) is 0 Å². The summed E-state index contributed by atoms with van der Waals surface area (Å²) in [7, 11) is 0. The summed E-state index contributed by atoms with van der Waals surface area (Å²) in [5.41, 5.74) is 10.6. The molecule has 0 saturated heterocycles. The van der Waals surface area contributed by atoms with E-state index < -0.39 is 0 Å². The zero-order valence-electron chi connectivity index (χ0n) is 17.1. The fourth-order valence-electron chi connectivity index (χ4n) is 3.99. The van der Waals surface area contributed by atoms with E-state index in [1.54, 1.807) is 0 Å². The van der Waals surface area contributed by atoms with Crippen molar-refractivity contribution >= 4 is 45.9 Å². The minimum atomic E-state index is 0.861. The molecular weight excluding hydrogens is 392 g/mol. The lowest BCUT2D eigenvalue weighted by molar-refractivity contribution is 1.30. The normalized spacial score (nSPS) is 12.4. The maximum atomic E-state index is 5.53. The van der Waals surface area contributed by atoms with Gasteiger partial charge >= 0.3 is 0 Å². The molecule has 4 nitrogen and oxygen atoms in total. The average molecular weight is 410 g/mol. The number of aromatic nitrogens is 4. The van der Waals surface area contributed by atoms with Gasteiger partial charge in [-0.3, -0.25) is 0 Å². The number of fused-ring (bicyclic) bond motifs is 8. The second-order valence-corrected chi connectivity index (χ2v) is 7.81. The Morgan fingerprint density at radius 2 is 1.19 bits per heavy atom. The minimum absolute atomic E-state index is 0.861. The zero-order chi connectivity index (χ0) is 21.5. The lowest BCUT2D eigenvalue weighted by atomic mass is 10.0. The molecule has 2 aliphatic rings. The van der Waals surface area contributed by atoms with Crippen molar-refractivity contribution in [2.75, 3.05) is 0 Å². The SMILES string of the molecule is C#Cc1ccc(C2=Cc3cc4ccc(cc5nc(cc6ccc(cc2n3)[nH]6)C=C5)[nH]4)cc1. The molecule has 6 rings (SSSR count). The molecule has 4 heteroatoms. The number of H-pyrrole nitrogens is 2. The summed E-state index contributed by atoms with van der Waals surface area (Å²) in [6, 6.07) is 24.4. The van der Waals surface area contributed by atoms with Crippen molar-refractivity contribution in [1.29, 1.82) is 0 Å². The molecule has 0 atom stereocenters. The van der Waals surface area contributed by atoms with E-state index in [1.165, 1.54) is 0 Å². The highest BCUT2D eigenvalue weighted by Crippen LogP contribution is 2.29. The van der Waals surface area contributed by atoms with Crippen LogP contribution in [0, 0.1) is 12.3 Å². The summed E-state index contributed by atoms with van der Waals surface area (Å²) in [5.74, 6) is 2.68. The average Bonchev–Trinajstić information content (AvgIpc) is 3.59. The fourth-order valence-corrected chi connectivity index (χ4v) is 3.99. The summed E-state index contributed by atoms with van der Waals surface area (Å²) in [5, 5.41) is 0. The van der Waals surface area contributed by atoms with Crippen LogP contribution in [-0.2, 0) is 0 Å². The Kier molecular flexibility index (Phi) is 4.12. The first-order chi connectivity index (χ1) is 15.7. The van der Waals surface area contributed by atoms with Gasteiger partial charge in [-0.05, 0) is 84.5 Å². The second kappa shape index (κ2) is 7.26. The van der Waals surface area contributed by atoms with E-state index >= 15 is 0 Å². The molecular formula is C28H18N4. The third-order valence-corrected chi connectivity index (χ3v) is 5.53. The van der Waals surface area contributed by atoms with Crippen molar-refractivity contribution < 1.29 is 0 Å². The predicted molar refractivity (Wildman–Crippen MR) is 131 cm³/mol. The summed E-state index contributed by atoms with van der Waals surface area (Å²) in [4.78, 5) is 16.5. The minimum Gasteiger partial charge on any atom is -0.355 e. The molecule has 0 amide bonds. The quantitative estimate of drug-likeness (QED) is 0.324. The van der Waals surface area contributed by atoms with Gasteiger partial charge in [0, 0.05) is 33.2 Å².